The van der Waals surface area contributed by atoms with Gasteiger partial charge in [-0.2, -0.15) is 4.68 Å². The Bertz CT molecular complexity index is 1850. The first-order chi connectivity index (χ1) is 23.2. The van der Waals surface area contributed by atoms with Crippen molar-refractivity contribution in [2.45, 2.75) is 47.0 Å². The molecule has 0 radical (unpaired) electrons. The van der Waals surface area contributed by atoms with Crippen LogP contribution in [0.2, 0.25) is 0 Å². The fourth-order valence-corrected chi connectivity index (χ4v) is 6.33. The third kappa shape index (κ3) is 8.48. The number of tetrazole rings is 1. The molecule has 0 saturated carbocycles. The summed E-state index contributed by atoms with van der Waals surface area (Å²) in [6.45, 7) is 0.154. The maximum absolute atomic E-state index is 12.0. The number of hydrogen-bond acceptors (Lipinski definition) is 9. The largest absolute Gasteiger partial charge is 0.508 e. The van der Waals surface area contributed by atoms with Gasteiger partial charge < -0.3 is 25.0 Å². The van der Waals surface area contributed by atoms with Crippen molar-refractivity contribution in [1.29, 1.82) is 0 Å². The summed E-state index contributed by atoms with van der Waals surface area (Å²) in [7, 11) is 0. The second-order valence-corrected chi connectivity index (χ2v) is 14.3. The molecule has 3 N–H and O–H groups in total. The minimum absolute atomic E-state index is 0.0418. The number of ether oxygens (including phenoxy) is 2. The fourth-order valence-electron chi connectivity index (χ4n) is 5.22. The molecular weight excluding hydrogens is 697 g/mol. The van der Waals surface area contributed by atoms with Crippen LogP contribution < -0.4 is 5.32 Å². The van der Waals surface area contributed by atoms with E-state index in [0.29, 0.717) is 17.3 Å². The topological polar surface area (TPSA) is 132 Å². The summed E-state index contributed by atoms with van der Waals surface area (Å²) >= 11 is 18.5. The Morgan fingerprint density at radius 1 is 0.917 bits per heavy atom. The van der Waals surface area contributed by atoms with E-state index in [1.807, 2.05) is 72.8 Å². The molecule has 5 aromatic rings. The predicted molar refractivity (Wildman–Crippen MR) is 184 cm³/mol. The van der Waals surface area contributed by atoms with Crippen molar-refractivity contribution < 1.29 is 24.5 Å². The number of halogens is 3. The molecule has 0 spiro atoms. The Balaban J connectivity index is 1.22. The maximum Gasteiger partial charge on any atom is 0.272 e. The van der Waals surface area contributed by atoms with Gasteiger partial charge in [0.1, 0.15) is 5.75 Å². The van der Waals surface area contributed by atoms with Gasteiger partial charge in [0.25, 0.3) is 9.70 Å². The molecule has 248 valence electrons. The Morgan fingerprint density at radius 2 is 1.65 bits per heavy atom. The number of benzene rings is 4. The van der Waals surface area contributed by atoms with Crippen LogP contribution in [0.3, 0.4) is 0 Å². The van der Waals surface area contributed by atoms with E-state index in [1.54, 1.807) is 28.9 Å². The van der Waals surface area contributed by atoms with E-state index in [0.717, 1.165) is 39.1 Å². The first-order valence-corrected chi connectivity index (χ1v) is 17.0. The van der Waals surface area contributed by atoms with Crippen LogP contribution in [-0.2, 0) is 27.4 Å². The van der Waals surface area contributed by atoms with Gasteiger partial charge >= 0.3 is 0 Å². The number of hydrogen-bond donors (Lipinski definition) is 3. The zero-order valence-electron chi connectivity index (χ0n) is 25.2. The van der Waals surface area contributed by atoms with Gasteiger partial charge in [-0.05, 0) is 74.6 Å². The summed E-state index contributed by atoms with van der Waals surface area (Å²) in [4.78, 5) is 12.0. The summed E-state index contributed by atoms with van der Waals surface area (Å²) in [5.41, 5.74) is 6.05. The molecule has 0 bridgehead atoms. The molecule has 1 aromatic heterocycles. The van der Waals surface area contributed by atoms with Crippen molar-refractivity contribution in [3.63, 3.8) is 0 Å². The van der Waals surface area contributed by atoms with Gasteiger partial charge in [-0.25, -0.2) is 0 Å². The first-order valence-electron chi connectivity index (χ1n) is 14.9. The number of nitrogens with one attached hydrogen (secondary N) is 1. The highest BCUT2D eigenvalue weighted by Gasteiger charge is 2.33. The van der Waals surface area contributed by atoms with Gasteiger partial charge in [-0.15, -0.1) is 5.10 Å². The van der Waals surface area contributed by atoms with E-state index in [9.17, 15) is 15.0 Å². The first kappa shape index (κ1) is 34.2. The van der Waals surface area contributed by atoms with Crippen LogP contribution in [0.4, 0.5) is 0 Å². The standard InChI is InChI=1S/C34H30Cl3N5O5S/c35-34(36,37)32(45)38-18-22-3-1-4-24(15-22)25-5-2-6-26(16-25)31-46-29(17-30(47-31)23-9-7-21(19-43)8-10-23)20-48-33-39-40-41-42(33)27-11-13-28(44)14-12-27/h1-16,29-31,43-44H,17-20H2,(H,38,45)/t29-,30+,31+/m0/s1. The van der Waals surface area contributed by atoms with Crippen LogP contribution >= 0.6 is 46.6 Å². The molecule has 10 nitrogen and oxygen atoms in total. The van der Waals surface area contributed by atoms with E-state index >= 15 is 0 Å². The summed E-state index contributed by atoms with van der Waals surface area (Å²) in [5, 5.41) is 34.7. The summed E-state index contributed by atoms with van der Waals surface area (Å²) in [5.74, 6) is 0.00478. The highest BCUT2D eigenvalue weighted by molar-refractivity contribution is 7.99. The monoisotopic (exact) mass is 725 g/mol. The lowest BCUT2D eigenvalue weighted by atomic mass is 9.99. The molecule has 0 aliphatic carbocycles. The molecular formula is C34H30Cl3N5O5S. The van der Waals surface area contributed by atoms with Gasteiger partial charge in [-0.3, -0.25) is 4.79 Å². The average molecular weight is 727 g/mol. The number of carbonyl (C=O) groups excluding carboxylic acids is 1. The van der Waals surface area contributed by atoms with Crippen LogP contribution in [0.1, 0.15) is 41.1 Å². The van der Waals surface area contributed by atoms with E-state index < -0.39 is 16.0 Å². The number of carbonyl (C=O) groups is 1. The fraction of sp³-hybridized carbons (Fsp3) is 0.235. The zero-order chi connectivity index (χ0) is 33.7. The van der Waals surface area contributed by atoms with Gasteiger partial charge in [0.15, 0.2) is 6.29 Å². The Kier molecular flexibility index (Phi) is 10.9. The lowest BCUT2D eigenvalue weighted by molar-refractivity contribution is -0.245. The molecule has 3 atom stereocenters. The van der Waals surface area contributed by atoms with Crippen molar-refractivity contribution in [1.82, 2.24) is 25.5 Å². The molecule has 1 fully saturated rings. The van der Waals surface area contributed by atoms with E-state index in [1.165, 1.54) is 11.8 Å². The number of aromatic nitrogens is 4. The predicted octanol–water partition coefficient (Wildman–Crippen LogP) is 6.85. The van der Waals surface area contributed by atoms with Crippen molar-refractivity contribution in [2.24, 2.45) is 0 Å². The number of phenols is 1. The van der Waals surface area contributed by atoms with Crippen LogP contribution in [0, 0.1) is 0 Å². The molecule has 4 aromatic carbocycles. The van der Waals surface area contributed by atoms with Gasteiger partial charge in [-0.1, -0.05) is 107 Å². The Labute approximate surface area is 295 Å². The SMILES string of the molecule is O=C(NCc1cccc(-c2cccc([C@@H]3O[C@H](CSc4nnnn4-c4ccc(O)cc4)C[C@H](c4ccc(CO)cc4)O3)c2)c1)C(Cl)(Cl)Cl. The number of aromatic hydroxyl groups is 1. The number of nitrogens with zero attached hydrogens (tertiary/aromatic N) is 4. The van der Waals surface area contributed by atoms with Crippen LogP contribution in [-0.4, -0.2) is 52.0 Å². The highest BCUT2D eigenvalue weighted by Crippen LogP contribution is 2.40. The van der Waals surface area contributed by atoms with Crippen molar-refractivity contribution in [2.75, 3.05) is 5.75 Å². The Morgan fingerprint density at radius 3 is 2.38 bits per heavy atom. The maximum atomic E-state index is 12.0. The van der Waals surface area contributed by atoms with Crippen LogP contribution in [0.5, 0.6) is 5.75 Å². The van der Waals surface area contributed by atoms with Gasteiger partial charge in [0, 0.05) is 24.3 Å². The third-order valence-corrected chi connectivity index (χ3v) is 9.24. The van der Waals surface area contributed by atoms with Crippen molar-refractivity contribution in [3.8, 4) is 22.6 Å². The zero-order valence-corrected chi connectivity index (χ0v) is 28.3. The number of thioether (sulfide) groups is 1. The third-order valence-electron chi connectivity index (χ3n) is 7.68. The normalized spacial score (nSPS) is 18.0. The number of amides is 1. The van der Waals surface area contributed by atoms with E-state index in [4.69, 9.17) is 44.3 Å². The number of alkyl halides is 3. The van der Waals surface area contributed by atoms with Crippen LogP contribution in [0.25, 0.3) is 16.8 Å². The minimum Gasteiger partial charge on any atom is -0.508 e. The number of rotatable bonds is 10. The quantitative estimate of drug-likeness (QED) is 0.104. The van der Waals surface area contributed by atoms with Crippen molar-refractivity contribution >= 4 is 52.5 Å². The van der Waals surface area contributed by atoms with E-state index in [2.05, 4.69) is 20.8 Å². The lowest BCUT2D eigenvalue weighted by Gasteiger charge is -2.36. The smallest absolute Gasteiger partial charge is 0.272 e. The summed E-state index contributed by atoms with van der Waals surface area (Å²) in [6, 6.07) is 30.0. The number of aliphatic hydroxyl groups excluding tert-OH is 1. The van der Waals surface area contributed by atoms with Crippen molar-refractivity contribution in [3.05, 3.63) is 119 Å². The van der Waals surface area contributed by atoms with Gasteiger partial charge in [0.2, 0.25) is 5.16 Å². The number of phenolic OH excluding ortho intramolecular Hbond substituents is 1. The summed E-state index contributed by atoms with van der Waals surface area (Å²) in [6.07, 6.45) is -0.588. The lowest BCUT2D eigenvalue weighted by Crippen LogP contribution is -2.33. The minimum atomic E-state index is -2.04. The second-order valence-electron chi connectivity index (χ2n) is 11.1. The van der Waals surface area contributed by atoms with Crippen LogP contribution in [0.15, 0.2) is 102 Å². The molecule has 2 heterocycles. The van der Waals surface area contributed by atoms with E-state index in [-0.39, 0.29) is 31.1 Å². The average Bonchev–Trinajstić information content (AvgIpc) is 3.58. The molecule has 1 aliphatic heterocycles. The number of aliphatic hydroxyl groups is 1. The van der Waals surface area contributed by atoms with Gasteiger partial charge in [0.05, 0.1) is 24.5 Å². The Hall–Kier alpha value is -3.68. The molecule has 6 rings (SSSR count). The molecule has 0 unspecified atom stereocenters. The second kappa shape index (κ2) is 15.3. The molecule has 1 aliphatic rings. The molecule has 48 heavy (non-hydrogen) atoms. The summed E-state index contributed by atoms with van der Waals surface area (Å²) < 4.78 is 12.7. The highest BCUT2D eigenvalue weighted by atomic mass is 35.6. The molecule has 1 saturated heterocycles. The molecule has 14 heteroatoms. The molecule has 1 amide bonds.